The zero-order valence-corrected chi connectivity index (χ0v) is 10.2. The first-order valence-corrected chi connectivity index (χ1v) is 5.99. The van der Waals surface area contributed by atoms with Crippen molar-refractivity contribution in [3.8, 4) is 0 Å². The number of hydrogen-bond acceptors (Lipinski definition) is 1. The second-order valence-corrected chi connectivity index (χ2v) is 4.44. The Morgan fingerprint density at radius 3 is 2.40 bits per heavy atom. The summed E-state index contributed by atoms with van der Waals surface area (Å²) in [4.78, 5) is 0. The highest BCUT2D eigenvalue weighted by molar-refractivity contribution is 5.24. The van der Waals surface area contributed by atoms with Crippen LogP contribution in [0.5, 0.6) is 0 Å². The molecule has 1 aromatic carbocycles. The summed E-state index contributed by atoms with van der Waals surface area (Å²) in [6, 6.07) is 8.76. The van der Waals surface area contributed by atoms with Gasteiger partial charge >= 0.3 is 0 Å². The third-order valence-corrected chi connectivity index (χ3v) is 3.21. The Kier molecular flexibility index (Phi) is 4.83. The van der Waals surface area contributed by atoms with Crippen LogP contribution in [0.2, 0.25) is 0 Å². The number of nitrogens with two attached hydrogens (primary N) is 1. The quantitative estimate of drug-likeness (QED) is 0.777. The molecule has 0 saturated carbocycles. The number of benzene rings is 1. The largest absolute Gasteiger partial charge is 0.324 e. The summed E-state index contributed by atoms with van der Waals surface area (Å²) in [5.74, 6) is 0.764. The maximum Gasteiger partial charge on any atom is 0.0297 e. The van der Waals surface area contributed by atoms with E-state index in [1.807, 2.05) is 0 Å². The third kappa shape index (κ3) is 3.67. The van der Waals surface area contributed by atoms with Crippen LogP contribution < -0.4 is 5.73 Å². The minimum Gasteiger partial charge on any atom is -0.324 e. The molecule has 0 spiro atoms. The van der Waals surface area contributed by atoms with E-state index < -0.39 is 0 Å². The molecule has 2 N–H and O–H groups in total. The number of rotatable bonds is 5. The van der Waals surface area contributed by atoms with Gasteiger partial charge in [0.25, 0.3) is 0 Å². The van der Waals surface area contributed by atoms with Crippen molar-refractivity contribution in [1.82, 2.24) is 0 Å². The van der Waals surface area contributed by atoms with Gasteiger partial charge in [-0.05, 0) is 24.8 Å². The van der Waals surface area contributed by atoms with Gasteiger partial charge in [0.15, 0.2) is 0 Å². The number of hydrogen-bond donors (Lipinski definition) is 1. The Bertz CT molecular complexity index is 289. The molecule has 84 valence electrons. The standard InChI is InChI=1S/C14H23N/c1-4-12(5-2)10-14(15)13-8-6-7-11(3)9-13/h6-9,12,14H,4-5,10,15H2,1-3H3. The summed E-state index contributed by atoms with van der Waals surface area (Å²) in [5.41, 5.74) is 8.79. The molecule has 1 unspecified atom stereocenters. The second-order valence-electron chi connectivity index (χ2n) is 4.44. The minimum atomic E-state index is 0.204. The van der Waals surface area contributed by atoms with Crippen molar-refractivity contribution in [2.24, 2.45) is 11.7 Å². The fourth-order valence-corrected chi connectivity index (χ4v) is 2.02. The Hall–Kier alpha value is -0.820. The van der Waals surface area contributed by atoms with E-state index in [-0.39, 0.29) is 6.04 Å². The van der Waals surface area contributed by atoms with Crippen molar-refractivity contribution < 1.29 is 0 Å². The van der Waals surface area contributed by atoms with E-state index in [0.717, 1.165) is 12.3 Å². The molecule has 0 radical (unpaired) electrons. The normalized spacial score (nSPS) is 13.1. The Morgan fingerprint density at radius 2 is 1.87 bits per heavy atom. The first-order valence-electron chi connectivity index (χ1n) is 5.99. The van der Waals surface area contributed by atoms with E-state index in [0.29, 0.717) is 0 Å². The van der Waals surface area contributed by atoms with E-state index in [2.05, 4.69) is 45.0 Å². The van der Waals surface area contributed by atoms with E-state index in [9.17, 15) is 0 Å². The summed E-state index contributed by atoms with van der Waals surface area (Å²) < 4.78 is 0. The van der Waals surface area contributed by atoms with Crippen LogP contribution in [-0.4, -0.2) is 0 Å². The van der Waals surface area contributed by atoms with E-state index >= 15 is 0 Å². The van der Waals surface area contributed by atoms with Gasteiger partial charge in [0.1, 0.15) is 0 Å². The van der Waals surface area contributed by atoms with Crippen LogP contribution in [0.1, 0.15) is 50.3 Å². The van der Waals surface area contributed by atoms with Crippen molar-refractivity contribution >= 4 is 0 Å². The molecule has 0 aliphatic rings. The predicted octanol–water partition coefficient (Wildman–Crippen LogP) is 3.82. The zero-order valence-electron chi connectivity index (χ0n) is 10.2. The van der Waals surface area contributed by atoms with Crippen LogP contribution in [0, 0.1) is 12.8 Å². The molecule has 1 aromatic rings. The van der Waals surface area contributed by atoms with Gasteiger partial charge in [0.05, 0.1) is 0 Å². The second kappa shape index (κ2) is 5.92. The minimum absolute atomic E-state index is 0.204. The lowest BCUT2D eigenvalue weighted by atomic mass is 9.91. The summed E-state index contributed by atoms with van der Waals surface area (Å²) in [6.45, 7) is 6.61. The van der Waals surface area contributed by atoms with Gasteiger partial charge in [-0.2, -0.15) is 0 Å². The molecule has 0 aliphatic carbocycles. The zero-order chi connectivity index (χ0) is 11.3. The number of aryl methyl sites for hydroxylation is 1. The Morgan fingerprint density at radius 1 is 1.20 bits per heavy atom. The third-order valence-electron chi connectivity index (χ3n) is 3.21. The van der Waals surface area contributed by atoms with Gasteiger partial charge in [-0.25, -0.2) is 0 Å². The molecule has 0 amide bonds. The molecule has 0 heterocycles. The molecule has 0 aromatic heterocycles. The smallest absolute Gasteiger partial charge is 0.0297 e. The van der Waals surface area contributed by atoms with Gasteiger partial charge in [0, 0.05) is 6.04 Å². The first kappa shape index (κ1) is 12.3. The lowest BCUT2D eigenvalue weighted by Crippen LogP contribution is -2.15. The molecule has 1 heteroatoms. The molecule has 0 aliphatic heterocycles. The lowest BCUT2D eigenvalue weighted by Gasteiger charge is -2.18. The Labute approximate surface area is 93.7 Å². The van der Waals surface area contributed by atoms with Crippen LogP contribution in [0.15, 0.2) is 24.3 Å². The van der Waals surface area contributed by atoms with Crippen molar-refractivity contribution in [1.29, 1.82) is 0 Å². The lowest BCUT2D eigenvalue weighted by molar-refractivity contribution is 0.414. The summed E-state index contributed by atoms with van der Waals surface area (Å²) >= 11 is 0. The van der Waals surface area contributed by atoms with Crippen LogP contribution in [0.3, 0.4) is 0 Å². The average Bonchev–Trinajstić information content (AvgIpc) is 2.25. The fraction of sp³-hybridized carbons (Fsp3) is 0.571. The van der Waals surface area contributed by atoms with Crippen molar-refractivity contribution in [3.05, 3.63) is 35.4 Å². The van der Waals surface area contributed by atoms with Gasteiger partial charge in [-0.15, -0.1) is 0 Å². The van der Waals surface area contributed by atoms with Gasteiger partial charge < -0.3 is 5.73 Å². The van der Waals surface area contributed by atoms with Crippen LogP contribution in [0.4, 0.5) is 0 Å². The van der Waals surface area contributed by atoms with Gasteiger partial charge in [-0.3, -0.25) is 0 Å². The molecule has 15 heavy (non-hydrogen) atoms. The maximum atomic E-state index is 6.22. The van der Waals surface area contributed by atoms with Gasteiger partial charge in [0.2, 0.25) is 0 Å². The molecule has 1 rings (SSSR count). The van der Waals surface area contributed by atoms with E-state index in [1.165, 1.54) is 24.0 Å². The average molecular weight is 205 g/mol. The van der Waals surface area contributed by atoms with Crippen LogP contribution in [-0.2, 0) is 0 Å². The molecule has 0 bridgehead atoms. The molecule has 1 nitrogen and oxygen atoms in total. The first-order chi connectivity index (χ1) is 7.17. The van der Waals surface area contributed by atoms with Gasteiger partial charge in [-0.1, -0.05) is 56.5 Å². The topological polar surface area (TPSA) is 26.0 Å². The predicted molar refractivity (Wildman–Crippen MR) is 66.8 cm³/mol. The Balaban J connectivity index is 2.64. The summed E-state index contributed by atoms with van der Waals surface area (Å²) in [5, 5.41) is 0. The highest BCUT2D eigenvalue weighted by atomic mass is 14.6. The van der Waals surface area contributed by atoms with E-state index in [1.54, 1.807) is 0 Å². The van der Waals surface area contributed by atoms with Crippen molar-refractivity contribution in [2.45, 2.75) is 46.1 Å². The van der Waals surface area contributed by atoms with Crippen molar-refractivity contribution in [3.63, 3.8) is 0 Å². The molecule has 0 fully saturated rings. The SMILES string of the molecule is CCC(CC)CC(N)c1cccc(C)c1. The summed E-state index contributed by atoms with van der Waals surface area (Å²) in [6.07, 6.45) is 3.57. The van der Waals surface area contributed by atoms with Crippen LogP contribution in [0.25, 0.3) is 0 Å². The fourth-order valence-electron chi connectivity index (χ4n) is 2.02. The molecular weight excluding hydrogens is 182 g/mol. The van der Waals surface area contributed by atoms with Crippen LogP contribution >= 0.6 is 0 Å². The molecule has 0 saturated heterocycles. The summed E-state index contributed by atoms with van der Waals surface area (Å²) in [7, 11) is 0. The molecule has 1 atom stereocenters. The monoisotopic (exact) mass is 205 g/mol. The molecular formula is C14H23N. The van der Waals surface area contributed by atoms with Crippen molar-refractivity contribution in [2.75, 3.05) is 0 Å². The highest BCUT2D eigenvalue weighted by Gasteiger charge is 2.11. The highest BCUT2D eigenvalue weighted by Crippen LogP contribution is 2.23. The van der Waals surface area contributed by atoms with E-state index in [4.69, 9.17) is 5.73 Å². The maximum absolute atomic E-state index is 6.22.